The minimum atomic E-state index is -3.24. The van der Waals surface area contributed by atoms with Gasteiger partial charge in [-0.25, -0.2) is 0 Å². The monoisotopic (exact) mass is 654 g/mol. The average molecular weight is 656 g/mol. The van der Waals surface area contributed by atoms with Crippen LogP contribution >= 0.6 is 34.8 Å². The van der Waals surface area contributed by atoms with Crippen molar-refractivity contribution in [3.05, 3.63) is 0 Å². The van der Waals surface area contributed by atoms with Gasteiger partial charge in [0, 0.05) is 34.6 Å². The van der Waals surface area contributed by atoms with Crippen molar-refractivity contribution in [3.8, 4) is 0 Å². The summed E-state index contributed by atoms with van der Waals surface area (Å²) in [5.74, 6) is -8.50. The molecule has 0 aromatic rings. The summed E-state index contributed by atoms with van der Waals surface area (Å²) < 4.78 is 39.4. The molecule has 0 aromatic carbocycles. The largest absolute Gasteiger partial charge is 0.463 e. The number of carbonyl (C=O) groups is 5. The second kappa shape index (κ2) is 13.5. The Bertz CT molecular complexity index is 1020. The standard InChI is InChI=1S/C22H29Cl3O16/c1-8(27)34-7-14-18(36-10(3)29)20(23,38-11(4)30)21(40-14,22(24,25)39-12(5)31)41-19-17(35-9(2)28)16(33)15(32)13(6-26)37-19/h13-19,26,32-33H,6-7H2,1-5H3/t13-,14-,15-,16+,17-,18-,19-,20+,21-/m1/s1. The Balaban J connectivity index is 2.85. The molecule has 0 spiro atoms. The quantitative estimate of drug-likeness (QED) is 0.148. The molecule has 2 aliphatic heterocycles. The molecule has 0 aromatic heterocycles. The molecule has 234 valence electrons. The first-order valence-electron chi connectivity index (χ1n) is 11.7. The molecule has 2 heterocycles. The number of rotatable bonds is 10. The van der Waals surface area contributed by atoms with Crippen LogP contribution in [-0.2, 0) is 61.9 Å². The zero-order valence-electron chi connectivity index (χ0n) is 22.2. The molecule has 0 radical (unpaired) electrons. The van der Waals surface area contributed by atoms with E-state index in [0.29, 0.717) is 0 Å². The van der Waals surface area contributed by atoms with Crippen molar-refractivity contribution in [3.63, 3.8) is 0 Å². The Morgan fingerprint density at radius 3 is 1.90 bits per heavy atom. The molecule has 3 N–H and O–H groups in total. The van der Waals surface area contributed by atoms with E-state index in [4.69, 9.17) is 72.7 Å². The minimum absolute atomic E-state index is 0.766. The second-order valence-electron chi connectivity index (χ2n) is 8.85. The number of aliphatic hydroxyl groups is 3. The van der Waals surface area contributed by atoms with Gasteiger partial charge in [-0.15, -0.1) is 0 Å². The highest BCUT2D eigenvalue weighted by Gasteiger charge is 2.81. The molecule has 2 saturated heterocycles. The van der Waals surface area contributed by atoms with Crippen LogP contribution in [0.15, 0.2) is 0 Å². The summed E-state index contributed by atoms with van der Waals surface area (Å²) in [5.41, 5.74) is 0. The minimum Gasteiger partial charge on any atom is -0.463 e. The molecule has 0 unspecified atom stereocenters. The van der Waals surface area contributed by atoms with Gasteiger partial charge in [-0.05, 0) is 0 Å². The van der Waals surface area contributed by atoms with Crippen LogP contribution in [0.4, 0.5) is 0 Å². The summed E-state index contributed by atoms with van der Waals surface area (Å²) in [6, 6.07) is 0. The highest BCUT2D eigenvalue weighted by molar-refractivity contribution is 6.49. The maximum atomic E-state index is 12.3. The number of aliphatic hydroxyl groups excluding tert-OH is 3. The summed E-state index contributed by atoms with van der Waals surface area (Å²) in [4.78, 5) is 59.8. The lowest BCUT2D eigenvalue weighted by Crippen LogP contribution is -2.70. The lowest BCUT2D eigenvalue weighted by molar-refractivity contribution is -0.398. The molecule has 0 amide bonds. The summed E-state index contributed by atoms with van der Waals surface area (Å²) in [6.07, 6.45) is -13.2. The fourth-order valence-corrected chi connectivity index (χ4v) is 5.38. The van der Waals surface area contributed by atoms with Gasteiger partial charge in [-0.1, -0.05) is 34.8 Å². The smallest absolute Gasteiger partial charge is 0.321 e. The Hall–Kier alpha value is -2.02. The normalized spacial score (nSPS) is 35.2. The second-order valence-corrected chi connectivity index (χ2v) is 10.7. The van der Waals surface area contributed by atoms with Crippen LogP contribution in [0.3, 0.4) is 0 Å². The van der Waals surface area contributed by atoms with Crippen molar-refractivity contribution in [2.75, 3.05) is 13.2 Å². The first kappa shape index (κ1) is 35.2. The highest BCUT2D eigenvalue weighted by atomic mass is 35.5. The van der Waals surface area contributed by atoms with Crippen LogP contribution in [0, 0.1) is 0 Å². The summed E-state index contributed by atoms with van der Waals surface area (Å²) in [7, 11) is 0. The Morgan fingerprint density at radius 1 is 0.854 bits per heavy atom. The molecular weight excluding hydrogens is 627 g/mol. The topological polar surface area (TPSA) is 220 Å². The molecular formula is C22H29Cl3O16. The van der Waals surface area contributed by atoms with Crippen molar-refractivity contribution in [2.24, 2.45) is 0 Å². The number of hydrogen-bond donors (Lipinski definition) is 3. The van der Waals surface area contributed by atoms with Gasteiger partial charge in [0.25, 0.3) is 5.06 Å². The van der Waals surface area contributed by atoms with E-state index in [-0.39, 0.29) is 0 Å². The number of ether oxygens (including phenoxy) is 8. The molecule has 0 saturated carbocycles. The van der Waals surface area contributed by atoms with Crippen LogP contribution in [0.1, 0.15) is 34.6 Å². The molecule has 2 rings (SSSR count). The average Bonchev–Trinajstić information content (AvgIpc) is 3.03. The van der Waals surface area contributed by atoms with Gasteiger partial charge in [0.15, 0.2) is 12.2 Å². The van der Waals surface area contributed by atoms with Crippen LogP contribution in [-0.4, -0.2) is 117 Å². The number of esters is 5. The first-order chi connectivity index (χ1) is 18.8. The third kappa shape index (κ3) is 7.50. The van der Waals surface area contributed by atoms with Crippen molar-refractivity contribution >= 4 is 64.6 Å². The Kier molecular flexibility index (Phi) is 11.6. The zero-order valence-corrected chi connectivity index (χ0v) is 24.5. The van der Waals surface area contributed by atoms with E-state index in [1.807, 2.05) is 0 Å². The van der Waals surface area contributed by atoms with Gasteiger partial charge in [0.2, 0.25) is 6.29 Å². The third-order valence-electron chi connectivity index (χ3n) is 5.57. The fraction of sp³-hybridized carbons (Fsp3) is 0.773. The summed E-state index contributed by atoms with van der Waals surface area (Å²) >= 11 is 19.6. The molecule has 9 atom stereocenters. The molecule has 19 heteroatoms. The SMILES string of the molecule is CC(=O)OC[C@H]1O[C@](O[C@H]2O[C@H](CO)[C@@H](O)[C@H](O)[C@H]2OC(C)=O)(C(Cl)(Cl)OC(C)=O)[C@@](Cl)(OC(C)=O)[C@@H]1OC(C)=O. The number of halogens is 3. The van der Waals surface area contributed by atoms with Gasteiger partial charge >= 0.3 is 40.2 Å². The van der Waals surface area contributed by atoms with Crippen molar-refractivity contribution in [1.29, 1.82) is 0 Å². The van der Waals surface area contributed by atoms with E-state index in [2.05, 4.69) is 0 Å². The van der Waals surface area contributed by atoms with Crippen LogP contribution in [0.2, 0.25) is 0 Å². The first-order valence-corrected chi connectivity index (χ1v) is 12.9. The zero-order chi connectivity index (χ0) is 31.5. The van der Waals surface area contributed by atoms with Gasteiger partial charge < -0.3 is 53.2 Å². The highest BCUT2D eigenvalue weighted by Crippen LogP contribution is 2.58. The van der Waals surface area contributed by atoms with Gasteiger partial charge in [0.1, 0.15) is 31.0 Å². The predicted molar refractivity (Wildman–Crippen MR) is 131 cm³/mol. The molecule has 0 bridgehead atoms. The van der Waals surface area contributed by atoms with Crippen molar-refractivity contribution in [2.45, 2.75) is 92.9 Å². The van der Waals surface area contributed by atoms with E-state index < -0.39 is 101 Å². The molecule has 0 aliphatic carbocycles. The van der Waals surface area contributed by atoms with Gasteiger partial charge in [-0.3, -0.25) is 24.0 Å². The molecule has 16 nitrogen and oxygen atoms in total. The van der Waals surface area contributed by atoms with E-state index in [9.17, 15) is 39.3 Å². The number of carbonyl (C=O) groups excluding carboxylic acids is 5. The van der Waals surface area contributed by atoms with Crippen molar-refractivity contribution < 1.29 is 77.2 Å². The van der Waals surface area contributed by atoms with Crippen LogP contribution in [0.25, 0.3) is 0 Å². The summed E-state index contributed by atoms with van der Waals surface area (Å²) in [5, 5.41) is 27.7. The van der Waals surface area contributed by atoms with E-state index in [1.165, 1.54) is 0 Å². The van der Waals surface area contributed by atoms with E-state index in [1.54, 1.807) is 0 Å². The fourth-order valence-electron chi connectivity index (χ4n) is 4.09. The lowest BCUT2D eigenvalue weighted by Gasteiger charge is -2.49. The maximum Gasteiger partial charge on any atom is 0.321 e. The van der Waals surface area contributed by atoms with E-state index in [0.717, 1.165) is 34.6 Å². The van der Waals surface area contributed by atoms with Crippen LogP contribution in [0.5, 0.6) is 0 Å². The maximum absolute atomic E-state index is 12.3. The number of hydrogen-bond acceptors (Lipinski definition) is 16. The van der Waals surface area contributed by atoms with Gasteiger partial charge in [-0.2, -0.15) is 0 Å². The molecule has 2 aliphatic rings. The van der Waals surface area contributed by atoms with E-state index >= 15 is 0 Å². The Labute approximate surface area is 247 Å². The van der Waals surface area contributed by atoms with Crippen molar-refractivity contribution in [1.82, 2.24) is 0 Å². The Morgan fingerprint density at radius 2 is 1.44 bits per heavy atom. The molecule has 2 fully saturated rings. The third-order valence-corrected chi connectivity index (χ3v) is 6.76. The molecule has 41 heavy (non-hydrogen) atoms. The van der Waals surface area contributed by atoms with Gasteiger partial charge in [0.05, 0.1) is 6.61 Å². The number of alkyl halides is 3. The lowest BCUT2D eigenvalue weighted by atomic mass is 9.98. The van der Waals surface area contributed by atoms with Crippen LogP contribution < -0.4 is 0 Å². The predicted octanol–water partition coefficient (Wildman–Crippen LogP) is -0.844. The summed E-state index contributed by atoms with van der Waals surface area (Å²) in [6.45, 7) is 2.90.